The van der Waals surface area contributed by atoms with Gasteiger partial charge in [0.2, 0.25) is 0 Å². The normalized spacial score (nSPS) is 19.2. The molecule has 9 nitrogen and oxygen atoms in total. The smallest absolute Gasteiger partial charge is 0.313 e. The van der Waals surface area contributed by atoms with Gasteiger partial charge in [-0.2, -0.15) is 0 Å². The first-order valence-electron chi connectivity index (χ1n) is 8.08. The molecular formula is C17H17N3O6S. The SMILES string of the molecule is COCC1(C(=O)O)CCN(C(=O)c2csc(-c3ccc([N+](=O)[O-])cc3)n2)C1. The van der Waals surface area contributed by atoms with Crippen LogP contribution in [0.3, 0.4) is 0 Å². The lowest BCUT2D eigenvalue weighted by Gasteiger charge is -2.23. The van der Waals surface area contributed by atoms with E-state index in [9.17, 15) is 24.8 Å². The fourth-order valence-electron chi connectivity index (χ4n) is 3.07. The van der Waals surface area contributed by atoms with E-state index >= 15 is 0 Å². The Morgan fingerprint density at radius 2 is 2.11 bits per heavy atom. The van der Waals surface area contributed by atoms with Crippen molar-refractivity contribution in [1.82, 2.24) is 9.88 Å². The van der Waals surface area contributed by atoms with Gasteiger partial charge >= 0.3 is 5.97 Å². The largest absolute Gasteiger partial charge is 0.481 e. The summed E-state index contributed by atoms with van der Waals surface area (Å²) in [5.74, 6) is -1.32. The molecule has 3 rings (SSSR count). The fourth-order valence-corrected chi connectivity index (χ4v) is 3.87. The number of nitro benzene ring substituents is 1. The first-order chi connectivity index (χ1) is 12.9. The summed E-state index contributed by atoms with van der Waals surface area (Å²) in [6, 6.07) is 5.92. The summed E-state index contributed by atoms with van der Waals surface area (Å²) >= 11 is 1.25. The maximum absolute atomic E-state index is 12.7. The predicted molar refractivity (Wildman–Crippen MR) is 96.7 cm³/mol. The fraction of sp³-hybridized carbons (Fsp3) is 0.353. The molecule has 1 aliphatic rings. The van der Waals surface area contributed by atoms with Gasteiger partial charge in [-0.1, -0.05) is 0 Å². The Kier molecular flexibility index (Phi) is 5.19. The molecule has 2 heterocycles. The van der Waals surface area contributed by atoms with Crippen LogP contribution in [0.15, 0.2) is 29.6 Å². The van der Waals surface area contributed by atoms with Gasteiger partial charge in [-0.05, 0) is 18.6 Å². The summed E-state index contributed by atoms with van der Waals surface area (Å²) in [5, 5.41) is 22.4. The molecule has 0 aliphatic carbocycles. The van der Waals surface area contributed by atoms with Crippen LogP contribution in [0.2, 0.25) is 0 Å². The molecule has 142 valence electrons. The number of hydrogen-bond donors (Lipinski definition) is 1. The quantitative estimate of drug-likeness (QED) is 0.592. The summed E-state index contributed by atoms with van der Waals surface area (Å²) in [5.41, 5.74) is -0.217. The molecule has 1 N–H and O–H groups in total. The van der Waals surface area contributed by atoms with Crippen molar-refractivity contribution >= 4 is 28.9 Å². The van der Waals surface area contributed by atoms with Crippen LogP contribution < -0.4 is 0 Å². The van der Waals surface area contributed by atoms with E-state index in [1.54, 1.807) is 17.5 Å². The Labute approximate surface area is 158 Å². The summed E-state index contributed by atoms with van der Waals surface area (Å²) < 4.78 is 5.03. The van der Waals surface area contributed by atoms with Gasteiger partial charge in [-0.3, -0.25) is 19.7 Å². The lowest BCUT2D eigenvalue weighted by atomic mass is 9.88. The molecule has 27 heavy (non-hydrogen) atoms. The predicted octanol–water partition coefficient (Wildman–Crippen LogP) is 2.28. The number of nitrogens with zero attached hydrogens (tertiary/aromatic N) is 3. The van der Waals surface area contributed by atoms with E-state index in [0.717, 1.165) is 0 Å². The van der Waals surface area contributed by atoms with Crippen LogP contribution in [-0.2, 0) is 9.53 Å². The highest BCUT2D eigenvalue weighted by atomic mass is 32.1. The summed E-state index contributed by atoms with van der Waals surface area (Å²) in [6.07, 6.45) is 0.321. The molecule has 1 aliphatic heterocycles. The number of aromatic nitrogens is 1. The monoisotopic (exact) mass is 391 g/mol. The van der Waals surface area contributed by atoms with Crippen molar-refractivity contribution in [2.24, 2.45) is 5.41 Å². The first-order valence-corrected chi connectivity index (χ1v) is 8.96. The van der Waals surface area contributed by atoms with Crippen molar-refractivity contribution in [3.63, 3.8) is 0 Å². The number of non-ortho nitro benzene ring substituents is 1. The summed E-state index contributed by atoms with van der Waals surface area (Å²) in [6.45, 7) is 0.426. The Balaban J connectivity index is 1.75. The molecule has 1 unspecified atom stereocenters. The van der Waals surface area contributed by atoms with Crippen molar-refractivity contribution in [2.75, 3.05) is 26.8 Å². The maximum atomic E-state index is 12.7. The van der Waals surface area contributed by atoms with E-state index in [-0.39, 0.29) is 30.4 Å². The van der Waals surface area contributed by atoms with E-state index in [1.807, 2.05) is 0 Å². The second-order valence-electron chi connectivity index (χ2n) is 6.34. The van der Waals surface area contributed by atoms with E-state index in [1.165, 1.54) is 35.5 Å². The average molecular weight is 391 g/mol. The van der Waals surface area contributed by atoms with Crippen molar-refractivity contribution in [1.29, 1.82) is 0 Å². The van der Waals surface area contributed by atoms with Gasteiger partial charge in [0.25, 0.3) is 11.6 Å². The number of carboxylic acid groups (broad SMARTS) is 1. The van der Waals surface area contributed by atoms with Gasteiger partial charge in [0.15, 0.2) is 0 Å². The summed E-state index contributed by atoms with van der Waals surface area (Å²) in [4.78, 5) is 40.3. The Morgan fingerprint density at radius 1 is 1.41 bits per heavy atom. The van der Waals surface area contributed by atoms with Gasteiger partial charge in [0.1, 0.15) is 16.1 Å². The zero-order chi connectivity index (χ0) is 19.6. The average Bonchev–Trinajstić information content (AvgIpc) is 3.30. The molecule has 1 saturated heterocycles. The molecule has 1 atom stereocenters. The number of hydrogen-bond acceptors (Lipinski definition) is 7. The zero-order valence-corrected chi connectivity index (χ0v) is 15.3. The number of carboxylic acids is 1. The van der Waals surface area contributed by atoms with Crippen molar-refractivity contribution in [2.45, 2.75) is 6.42 Å². The van der Waals surface area contributed by atoms with Crippen LogP contribution in [0.1, 0.15) is 16.9 Å². The number of thiazole rings is 1. The standard InChI is InChI=1S/C17H17N3O6S/c1-26-10-17(16(22)23)6-7-19(9-17)15(21)13-8-27-14(18-13)11-2-4-12(5-3-11)20(24)25/h2-5,8H,6-7,9-10H2,1H3,(H,22,23). The number of nitro groups is 1. The van der Waals surface area contributed by atoms with Gasteiger partial charge in [0.05, 0.1) is 11.5 Å². The van der Waals surface area contributed by atoms with Crippen molar-refractivity contribution in [3.05, 3.63) is 45.5 Å². The third-order valence-electron chi connectivity index (χ3n) is 4.56. The minimum atomic E-state index is -1.10. The number of methoxy groups -OCH3 is 1. The molecule has 0 spiro atoms. The minimum Gasteiger partial charge on any atom is -0.481 e. The Bertz CT molecular complexity index is 881. The number of ether oxygens (including phenoxy) is 1. The van der Waals surface area contributed by atoms with Crippen LogP contribution >= 0.6 is 11.3 Å². The van der Waals surface area contributed by atoms with Gasteiger partial charge in [-0.25, -0.2) is 4.98 Å². The second-order valence-corrected chi connectivity index (χ2v) is 7.20. The number of rotatable bonds is 6. The molecule has 2 aromatic rings. The summed E-state index contributed by atoms with van der Waals surface area (Å²) in [7, 11) is 1.44. The van der Waals surface area contributed by atoms with E-state index in [0.29, 0.717) is 23.5 Å². The van der Waals surface area contributed by atoms with Crippen LogP contribution in [0.4, 0.5) is 5.69 Å². The van der Waals surface area contributed by atoms with Gasteiger partial charge < -0.3 is 14.7 Å². The molecule has 1 aromatic carbocycles. The maximum Gasteiger partial charge on any atom is 0.313 e. The number of amides is 1. The number of benzene rings is 1. The highest BCUT2D eigenvalue weighted by molar-refractivity contribution is 7.13. The molecule has 1 fully saturated rings. The number of carbonyl (C=O) groups is 2. The third kappa shape index (κ3) is 3.67. The highest BCUT2D eigenvalue weighted by Crippen LogP contribution is 2.33. The second kappa shape index (κ2) is 7.41. The molecule has 1 amide bonds. The Morgan fingerprint density at radius 3 is 2.70 bits per heavy atom. The van der Waals surface area contributed by atoms with E-state index in [2.05, 4.69) is 4.98 Å². The molecule has 10 heteroatoms. The highest BCUT2D eigenvalue weighted by Gasteiger charge is 2.46. The van der Waals surface area contributed by atoms with Crippen molar-refractivity contribution < 1.29 is 24.4 Å². The third-order valence-corrected chi connectivity index (χ3v) is 5.46. The lowest BCUT2D eigenvalue weighted by molar-refractivity contribution is -0.384. The molecule has 1 aromatic heterocycles. The van der Waals surface area contributed by atoms with E-state index < -0.39 is 16.3 Å². The zero-order valence-electron chi connectivity index (χ0n) is 14.5. The van der Waals surface area contributed by atoms with Crippen LogP contribution in [0.25, 0.3) is 10.6 Å². The number of carbonyl (C=O) groups excluding carboxylic acids is 1. The van der Waals surface area contributed by atoms with Gasteiger partial charge in [0, 0.05) is 43.3 Å². The number of aliphatic carboxylic acids is 1. The minimum absolute atomic E-state index is 0.0215. The molecule has 0 bridgehead atoms. The topological polar surface area (TPSA) is 123 Å². The number of likely N-dealkylation sites (tertiary alicyclic amines) is 1. The van der Waals surface area contributed by atoms with Crippen molar-refractivity contribution in [3.8, 4) is 10.6 Å². The molecule has 0 saturated carbocycles. The molecular weight excluding hydrogens is 374 g/mol. The van der Waals surface area contributed by atoms with Crippen LogP contribution in [-0.4, -0.2) is 58.6 Å². The van der Waals surface area contributed by atoms with Crippen LogP contribution in [0, 0.1) is 15.5 Å². The first kappa shape index (κ1) is 18.9. The lowest BCUT2D eigenvalue weighted by Crippen LogP contribution is -2.40. The van der Waals surface area contributed by atoms with Crippen LogP contribution in [0.5, 0.6) is 0 Å². The Hall–Kier alpha value is -2.85. The van der Waals surface area contributed by atoms with Gasteiger partial charge in [-0.15, -0.1) is 11.3 Å². The van der Waals surface area contributed by atoms with E-state index in [4.69, 9.17) is 4.74 Å². The molecule has 0 radical (unpaired) electrons.